The van der Waals surface area contributed by atoms with Crippen LogP contribution in [0.3, 0.4) is 0 Å². The number of carbonyl (C=O) groups is 2. The fourth-order valence-electron chi connectivity index (χ4n) is 5.43. The van der Waals surface area contributed by atoms with Gasteiger partial charge in [0.25, 0.3) is 0 Å². The monoisotopic (exact) mass is 890 g/mol. The number of oxime groups is 2. The summed E-state index contributed by atoms with van der Waals surface area (Å²) in [4.78, 5) is 23.0. The Morgan fingerprint density at radius 2 is 0.700 bits per heavy atom. The maximum atomic E-state index is 11.5. The lowest BCUT2D eigenvalue weighted by Gasteiger charge is -2.17. The molecule has 0 aliphatic carbocycles. The number of rotatable bonds is 16. The van der Waals surface area contributed by atoms with Crippen molar-refractivity contribution in [2.75, 3.05) is 0 Å². The number of nitrogens with zero attached hydrogens (tertiary/aromatic N) is 2. The standard InChI is InChI=1S/2C22H17Cl2NO5/c2*23-17-9-3-1-6-14(17)12-29-19-11-5-8-16(20(25-28)22(26)27)21(19)30-13-15-7-2-4-10-18(15)24/h2*1-11,28H,12-13H2,(H,26,27)/b25-20+;25-20-. The van der Waals surface area contributed by atoms with E-state index in [-0.39, 0.29) is 60.6 Å². The van der Waals surface area contributed by atoms with Crippen LogP contribution in [0.5, 0.6) is 23.0 Å². The van der Waals surface area contributed by atoms with E-state index >= 15 is 0 Å². The number of carboxylic acid groups (broad SMARTS) is 2. The molecule has 0 atom stereocenters. The highest BCUT2D eigenvalue weighted by atomic mass is 35.5. The van der Waals surface area contributed by atoms with Gasteiger partial charge in [0, 0.05) is 42.3 Å². The van der Waals surface area contributed by atoms with Gasteiger partial charge >= 0.3 is 11.9 Å². The Labute approximate surface area is 364 Å². The summed E-state index contributed by atoms with van der Waals surface area (Å²) >= 11 is 24.7. The molecule has 16 heteroatoms. The fourth-order valence-corrected chi connectivity index (χ4v) is 6.19. The topological polar surface area (TPSA) is 177 Å². The summed E-state index contributed by atoms with van der Waals surface area (Å²) in [5.74, 6) is -2.07. The van der Waals surface area contributed by atoms with Gasteiger partial charge in [-0.25, -0.2) is 9.59 Å². The largest absolute Gasteiger partial charge is 0.485 e. The summed E-state index contributed by atoms with van der Waals surface area (Å²) in [5, 5.41) is 45.1. The lowest BCUT2D eigenvalue weighted by Crippen LogP contribution is -2.16. The average molecular weight is 893 g/mol. The predicted octanol–water partition coefficient (Wildman–Crippen LogP) is 10.8. The van der Waals surface area contributed by atoms with Gasteiger partial charge in [0.05, 0.1) is 11.1 Å². The van der Waals surface area contributed by atoms with E-state index in [1.54, 1.807) is 84.9 Å². The number of halogens is 4. The first-order valence-corrected chi connectivity index (χ1v) is 19.2. The van der Waals surface area contributed by atoms with Crippen molar-refractivity contribution < 1.29 is 49.2 Å². The number of ether oxygens (including phenoxy) is 4. The molecule has 0 radical (unpaired) electrons. The molecule has 0 amide bonds. The molecule has 0 unspecified atom stereocenters. The molecule has 0 bridgehead atoms. The van der Waals surface area contributed by atoms with Crippen LogP contribution in [0.25, 0.3) is 0 Å². The van der Waals surface area contributed by atoms with E-state index in [4.69, 9.17) is 65.4 Å². The second kappa shape index (κ2) is 22.1. The smallest absolute Gasteiger partial charge is 0.358 e. The highest BCUT2D eigenvalue weighted by Gasteiger charge is 2.24. The van der Waals surface area contributed by atoms with Crippen LogP contribution in [0.15, 0.2) is 144 Å². The summed E-state index contributed by atoms with van der Waals surface area (Å²) < 4.78 is 23.5. The number of aliphatic carboxylic acids is 2. The Balaban J connectivity index is 0.000000228. The van der Waals surface area contributed by atoms with Crippen LogP contribution in [0.1, 0.15) is 33.4 Å². The number of para-hydroxylation sites is 2. The molecule has 4 N–H and O–H groups in total. The number of hydrogen-bond donors (Lipinski definition) is 4. The third-order valence-corrected chi connectivity index (χ3v) is 9.89. The zero-order valence-electron chi connectivity index (χ0n) is 31.2. The number of hydrogen-bond acceptors (Lipinski definition) is 10. The highest BCUT2D eigenvalue weighted by Crippen LogP contribution is 2.36. The van der Waals surface area contributed by atoms with Gasteiger partial charge in [-0.2, -0.15) is 0 Å². The van der Waals surface area contributed by atoms with E-state index in [9.17, 15) is 30.2 Å². The Kier molecular flexibility index (Phi) is 16.4. The molecule has 0 saturated carbocycles. The summed E-state index contributed by atoms with van der Waals surface area (Å²) in [6.07, 6.45) is 0. The van der Waals surface area contributed by atoms with E-state index in [0.717, 1.165) is 11.1 Å². The van der Waals surface area contributed by atoms with Gasteiger partial charge in [0.2, 0.25) is 0 Å². The van der Waals surface area contributed by atoms with Crippen LogP contribution in [-0.4, -0.2) is 44.0 Å². The van der Waals surface area contributed by atoms with E-state index in [0.29, 0.717) is 31.2 Å². The molecular weight excluding hydrogens is 858 g/mol. The zero-order chi connectivity index (χ0) is 43.0. The van der Waals surface area contributed by atoms with Crippen LogP contribution in [0, 0.1) is 0 Å². The van der Waals surface area contributed by atoms with E-state index in [2.05, 4.69) is 10.3 Å². The van der Waals surface area contributed by atoms with Crippen LogP contribution >= 0.6 is 46.4 Å². The summed E-state index contributed by atoms with van der Waals surface area (Å²) in [5.41, 5.74) is 1.86. The zero-order valence-corrected chi connectivity index (χ0v) is 34.2. The molecule has 0 spiro atoms. The molecule has 6 aromatic carbocycles. The molecule has 0 fully saturated rings. The summed E-state index contributed by atoms with van der Waals surface area (Å²) in [6, 6.07) is 37.9. The van der Waals surface area contributed by atoms with Gasteiger partial charge in [-0.15, -0.1) is 0 Å². The van der Waals surface area contributed by atoms with Gasteiger partial charge in [-0.05, 0) is 48.5 Å². The second-order valence-corrected chi connectivity index (χ2v) is 13.9. The van der Waals surface area contributed by atoms with Crippen molar-refractivity contribution in [3.8, 4) is 23.0 Å². The van der Waals surface area contributed by atoms with E-state index in [1.165, 1.54) is 12.1 Å². The normalized spacial score (nSPS) is 11.2. The second-order valence-electron chi connectivity index (χ2n) is 12.3. The highest BCUT2D eigenvalue weighted by molar-refractivity contribution is 6.43. The fraction of sp³-hybridized carbons (Fsp3) is 0.0909. The lowest BCUT2D eigenvalue weighted by molar-refractivity contribution is -0.130. The maximum Gasteiger partial charge on any atom is 0.358 e. The SMILES string of the molecule is O=C(O)/C(=N/O)c1cccc(OCc2ccccc2Cl)c1OCc1ccccc1Cl.O=C(O)/C(=N\O)c1cccc(OCc2ccccc2Cl)c1OCc1ccccc1Cl. The van der Waals surface area contributed by atoms with Crippen molar-refractivity contribution in [1.82, 2.24) is 0 Å². The van der Waals surface area contributed by atoms with Gasteiger partial charge < -0.3 is 39.6 Å². The number of benzene rings is 6. The van der Waals surface area contributed by atoms with Crippen LogP contribution in [-0.2, 0) is 36.0 Å². The van der Waals surface area contributed by atoms with Crippen molar-refractivity contribution in [2.45, 2.75) is 26.4 Å². The summed E-state index contributed by atoms with van der Waals surface area (Å²) in [6.45, 7) is 0.365. The van der Waals surface area contributed by atoms with Crippen LogP contribution in [0.2, 0.25) is 20.1 Å². The van der Waals surface area contributed by atoms with Crippen molar-refractivity contribution in [2.24, 2.45) is 10.3 Å². The van der Waals surface area contributed by atoms with Crippen molar-refractivity contribution in [1.29, 1.82) is 0 Å². The Bertz CT molecular complexity index is 2340. The van der Waals surface area contributed by atoms with Crippen molar-refractivity contribution >= 4 is 69.8 Å². The molecule has 6 rings (SSSR count). The minimum Gasteiger partial charge on any atom is -0.485 e. The molecule has 0 saturated heterocycles. The van der Waals surface area contributed by atoms with Gasteiger partial charge in [-0.1, -0.05) is 142 Å². The van der Waals surface area contributed by atoms with E-state index in [1.807, 2.05) is 36.4 Å². The van der Waals surface area contributed by atoms with E-state index < -0.39 is 23.4 Å². The third kappa shape index (κ3) is 11.8. The molecule has 0 heterocycles. The molecule has 0 aliphatic rings. The minimum atomic E-state index is -1.41. The lowest BCUT2D eigenvalue weighted by atomic mass is 10.1. The molecule has 308 valence electrons. The molecule has 60 heavy (non-hydrogen) atoms. The van der Waals surface area contributed by atoms with Gasteiger partial charge in [-0.3, -0.25) is 0 Å². The number of carboxylic acids is 2. The summed E-state index contributed by atoms with van der Waals surface area (Å²) in [7, 11) is 0. The first-order valence-electron chi connectivity index (χ1n) is 17.6. The average Bonchev–Trinajstić information content (AvgIpc) is 3.24. The molecule has 6 aromatic rings. The first-order chi connectivity index (χ1) is 29.0. The third-order valence-electron chi connectivity index (χ3n) is 8.41. The van der Waals surface area contributed by atoms with Gasteiger partial charge in [0.1, 0.15) is 26.4 Å². The van der Waals surface area contributed by atoms with Crippen LogP contribution < -0.4 is 18.9 Å². The first kappa shape index (κ1) is 44.7. The quantitative estimate of drug-likeness (QED) is 0.0415. The Morgan fingerprint density at radius 3 is 0.967 bits per heavy atom. The van der Waals surface area contributed by atoms with Crippen molar-refractivity contribution in [3.63, 3.8) is 0 Å². The molecular formula is C44H34Cl4N2O10. The molecule has 12 nitrogen and oxygen atoms in total. The molecule has 0 aromatic heterocycles. The molecule has 0 aliphatic heterocycles. The van der Waals surface area contributed by atoms with Crippen LogP contribution in [0.4, 0.5) is 0 Å². The van der Waals surface area contributed by atoms with Gasteiger partial charge in [0.15, 0.2) is 34.4 Å². The Morgan fingerprint density at radius 1 is 0.417 bits per heavy atom. The maximum absolute atomic E-state index is 11.5. The Hall–Kier alpha value is -6.44. The minimum absolute atomic E-state index is 0.0530. The predicted molar refractivity (Wildman–Crippen MR) is 228 cm³/mol. The van der Waals surface area contributed by atoms with Crippen molar-refractivity contribution in [3.05, 3.63) is 187 Å².